The van der Waals surface area contributed by atoms with E-state index in [2.05, 4.69) is 16.0 Å². The molecule has 3 heterocycles. The molecular formula is C38H43Cl2F3N6O4. The number of alkyl halides is 3. The van der Waals surface area contributed by atoms with Crippen LogP contribution < -0.4 is 20.7 Å². The van der Waals surface area contributed by atoms with Crippen LogP contribution in [0.3, 0.4) is 0 Å². The van der Waals surface area contributed by atoms with Gasteiger partial charge in [-0.25, -0.2) is 0 Å². The van der Waals surface area contributed by atoms with Gasteiger partial charge in [0.15, 0.2) is 5.66 Å². The Labute approximate surface area is 316 Å². The maximum absolute atomic E-state index is 15.0. The number of benzene rings is 3. The monoisotopic (exact) mass is 774 g/mol. The van der Waals surface area contributed by atoms with E-state index in [1.807, 2.05) is 29.2 Å². The van der Waals surface area contributed by atoms with E-state index in [-0.39, 0.29) is 48.2 Å². The number of carbonyl (C=O) groups is 3. The Balaban J connectivity index is 1.28. The summed E-state index contributed by atoms with van der Waals surface area (Å²) in [7, 11) is 0. The molecule has 0 spiro atoms. The Bertz CT molecular complexity index is 1730. The summed E-state index contributed by atoms with van der Waals surface area (Å²) in [6.45, 7) is 6.48. The van der Waals surface area contributed by atoms with Crippen LogP contribution in [0.5, 0.6) is 5.75 Å². The zero-order chi connectivity index (χ0) is 37.9. The molecule has 3 fully saturated rings. The number of piperidine rings is 1. The summed E-state index contributed by atoms with van der Waals surface area (Å²) in [4.78, 5) is 45.2. The van der Waals surface area contributed by atoms with E-state index < -0.39 is 29.5 Å². The fraction of sp³-hybridized carbons (Fsp3) is 0.447. The molecule has 0 radical (unpaired) electrons. The number of piperazine rings is 1. The molecule has 3 aliphatic heterocycles. The lowest BCUT2D eigenvalue weighted by Gasteiger charge is -2.40. The molecule has 2 atom stereocenters. The second-order valence-corrected chi connectivity index (χ2v) is 14.5. The molecular weight excluding hydrogens is 732 g/mol. The molecule has 284 valence electrons. The van der Waals surface area contributed by atoms with E-state index in [9.17, 15) is 22.8 Å². The van der Waals surface area contributed by atoms with Gasteiger partial charge in [-0.2, -0.15) is 13.2 Å². The first-order valence-corrected chi connectivity index (χ1v) is 18.5. The molecule has 3 aliphatic rings. The Morgan fingerprint density at radius 1 is 0.830 bits per heavy atom. The van der Waals surface area contributed by atoms with Gasteiger partial charge in [0.25, 0.3) is 5.91 Å². The molecule has 53 heavy (non-hydrogen) atoms. The van der Waals surface area contributed by atoms with Crippen LogP contribution in [-0.2, 0) is 26.2 Å². The molecule has 3 aromatic carbocycles. The third kappa shape index (κ3) is 8.76. The summed E-state index contributed by atoms with van der Waals surface area (Å²) in [6, 6.07) is 16.3. The minimum Gasteiger partial charge on any atom is -0.493 e. The van der Waals surface area contributed by atoms with Crippen molar-refractivity contribution in [3.05, 3.63) is 99.0 Å². The average molecular weight is 776 g/mol. The molecule has 6 rings (SSSR count). The Morgan fingerprint density at radius 3 is 1.87 bits per heavy atom. The van der Waals surface area contributed by atoms with Crippen molar-refractivity contribution in [3.63, 3.8) is 0 Å². The zero-order valence-corrected chi connectivity index (χ0v) is 31.0. The molecule has 2 unspecified atom stereocenters. The summed E-state index contributed by atoms with van der Waals surface area (Å²) < 4.78 is 47.7. The van der Waals surface area contributed by atoms with Gasteiger partial charge in [-0.3, -0.25) is 29.9 Å². The number of nitrogens with zero attached hydrogens (tertiary/aromatic N) is 3. The minimum absolute atomic E-state index is 0.0219. The van der Waals surface area contributed by atoms with Gasteiger partial charge in [-0.05, 0) is 67.3 Å². The molecule has 0 aromatic heterocycles. The van der Waals surface area contributed by atoms with E-state index in [4.69, 9.17) is 27.9 Å². The van der Waals surface area contributed by atoms with Gasteiger partial charge in [0.05, 0.1) is 30.8 Å². The van der Waals surface area contributed by atoms with Crippen molar-refractivity contribution < 1.29 is 32.3 Å². The van der Waals surface area contributed by atoms with E-state index in [1.54, 1.807) is 41.0 Å². The maximum Gasteiger partial charge on any atom is 0.416 e. The Hall–Kier alpha value is -3.88. The molecule has 3 amide bonds. The summed E-state index contributed by atoms with van der Waals surface area (Å²) in [5, 5.41) is 11.2. The van der Waals surface area contributed by atoms with Crippen LogP contribution >= 0.6 is 23.2 Å². The van der Waals surface area contributed by atoms with Gasteiger partial charge in [-0.1, -0.05) is 53.5 Å². The third-order valence-corrected chi connectivity index (χ3v) is 10.7. The lowest BCUT2D eigenvalue weighted by molar-refractivity contribution is -0.141. The Morgan fingerprint density at radius 2 is 1.38 bits per heavy atom. The smallest absolute Gasteiger partial charge is 0.416 e. The molecule has 0 aliphatic carbocycles. The first-order chi connectivity index (χ1) is 25.3. The predicted octanol–water partition coefficient (Wildman–Crippen LogP) is 5.51. The summed E-state index contributed by atoms with van der Waals surface area (Å²) in [5.41, 5.74) is -0.809. The van der Waals surface area contributed by atoms with Gasteiger partial charge in [0.1, 0.15) is 5.75 Å². The highest BCUT2D eigenvalue weighted by Crippen LogP contribution is 2.46. The normalized spacial score (nSPS) is 22.8. The average Bonchev–Trinajstić information content (AvgIpc) is 3.54. The first-order valence-electron chi connectivity index (χ1n) is 17.7. The van der Waals surface area contributed by atoms with Crippen molar-refractivity contribution in [1.29, 1.82) is 0 Å². The van der Waals surface area contributed by atoms with E-state index in [0.717, 1.165) is 23.3 Å². The number of carbonyl (C=O) groups excluding carboxylic acids is 3. The van der Waals surface area contributed by atoms with Gasteiger partial charge in [0, 0.05) is 67.8 Å². The van der Waals surface area contributed by atoms with Gasteiger partial charge >= 0.3 is 6.18 Å². The van der Waals surface area contributed by atoms with Crippen LogP contribution in [0.15, 0.2) is 66.7 Å². The number of amides is 3. The number of hydrogen-bond acceptors (Lipinski definition) is 7. The fourth-order valence-corrected chi connectivity index (χ4v) is 7.66. The lowest BCUT2D eigenvalue weighted by Crippen LogP contribution is -2.61. The number of ether oxygens (including phenoxy) is 1. The molecule has 15 heteroatoms. The Kier molecular flexibility index (Phi) is 11.9. The molecule has 3 aromatic rings. The van der Waals surface area contributed by atoms with Crippen molar-refractivity contribution in [1.82, 2.24) is 30.7 Å². The maximum atomic E-state index is 15.0. The lowest BCUT2D eigenvalue weighted by atomic mass is 9.93. The fourth-order valence-electron chi connectivity index (χ4n) is 7.41. The first kappa shape index (κ1) is 38.8. The molecule has 0 saturated carbocycles. The molecule has 3 saturated heterocycles. The van der Waals surface area contributed by atoms with E-state index in [0.29, 0.717) is 62.2 Å². The number of halogens is 5. The third-order valence-electron chi connectivity index (χ3n) is 10.2. The number of nitrogens with one attached hydrogen (secondary N) is 3. The largest absolute Gasteiger partial charge is 0.493 e. The highest BCUT2D eigenvalue weighted by Gasteiger charge is 2.55. The summed E-state index contributed by atoms with van der Waals surface area (Å²) in [5.74, 6) is -0.562. The van der Waals surface area contributed by atoms with Crippen molar-refractivity contribution in [2.75, 3.05) is 52.4 Å². The van der Waals surface area contributed by atoms with Gasteiger partial charge < -0.3 is 19.9 Å². The summed E-state index contributed by atoms with van der Waals surface area (Å²) in [6.07, 6.45) is -3.67. The van der Waals surface area contributed by atoms with Crippen molar-refractivity contribution >= 4 is 40.9 Å². The second-order valence-electron chi connectivity index (χ2n) is 13.7. The number of rotatable bonds is 9. The molecule has 3 N–H and O–H groups in total. The summed E-state index contributed by atoms with van der Waals surface area (Å²) >= 11 is 12.5. The van der Waals surface area contributed by atoms with Crippen LogP contribution in [-0.4, -0.2) is 90.9 Å². The van der Waals surface area contributed by atoms with Crippen molar-refractivity contribution in [2.24, 2.45) is 0 Å². The molecule has 10 nitrogen and oxygen atoms in total. The van der Waals surface area contributed by atoms with Gasteiger partial charge in [0.2, 0.25) is 11.8 Å². The van der Waals surface area contributed by atoms with Crippen LogP contribution in [0.4, 0.5) is 13.2 Å². The van der Waals surface area contributed by atoms with Gasteiger partial charge in [-0.15, -0.1) is 0 Å². The van der Waals surface area contributed by atoms with Crippen molar-refractivity contribution in [3.8, 4) is 5.75 Å². The zero-order valence-electron chi connectivity index (χ0n) is 29.5. The van der Waals surface area contributed by atoms with E-state index in [1.165, 1.54) is 13.0 Å². The van der Waals surface area contributed by atoms with Crippen LogP contribution in [0.25, 0.3) is 0 Å². The SMILES string of the molecule is CCOc1cc(C(F)(F)F)ccc1C1(C(=O)N2CCC(NC(=O)CN3CCN(C(C)=O)CC3)CC2)NC(c2ccc(Cl)cc2)C(c2ccc(Cl)cc2)N1. The number of hydrogen-bond donors (Lipinski definition) is 3. The standard InChI is InChI=1S/C38H43Cl2F3N6O4/c1-3-53-32-22-27(38(41,42)43)8-13-31(32)37(45-34(25-4-9-28(39)10-5-25)35(46-37)26-6-11-29(40)12-7-26)36(52)49-16-14-30(15-17-49)44-33(51)23-47-18-20-48(21-19-47)24(2)50/h4-13,22,30,34-35,45-46H,3,14-21,23H2,1-2H3,(H,44,51). The highest BCUT2D eigenvalue weighted by atomic mass is 35.5. The quantitative estimate of drug-likeness (QED) is 0.264. The van der Waals surface area contributed by atoms with Crippen LogP contribution in [0, 0.1) is 0 Å². The molecule has 0 bridgehead atoms. The van der Waals surface area contributed by atoms with Crippen LogP contribution in [0.1, 0.15) is 61.0 Å². The predicted molar refractivity (Wildman–Crippen MR) is 195 cm³/mol. The number of likely N-dealkylation sites (tertiary alicyclic amines) is 1. The van der Waals surface area contributed by atoms with E-state index >= 15 is 4.79 Å². The second kappa shape index (κ2) is 16.2. The van der Waals surface area contributed by atoms with Crippen molar-refractivity contribution in [2.45, 2.75) is 56.7 Å². The topological polar surface area (TPSA) is 106 Å². The van der Waals surface area contributed by atoms with Crippen LogP contribution in [0.2, 0.25) is 10.0 Å². The highest BCUT2D eigenvalue weighted by molar-refractivity contribution is 6.30. The minimum atomic E-state index is -4.63.